The summed E-state index contributed by atoms with van der Waals surface area (Å²) in [6.07, 6.45) is 2.71. The molecule has 2 aliphatic heterocycles. The van der Waals surface area contributed by atoms with Crippen LogP contribution >= 0.6 is 0 Å². The molecule has 3 rings (SSSR count). The lowest BCUT2D eigenvalue weighted by Gasteiger charge is -2.29. The first-order chi connectivity index (χ1) is 9.74. The maximum atomic E-state index is 11.8. The van der Waals surface area contributed by atoms with Crippen molar-refractivity contribution in [3.63, 3.8) is 0 Å². The van der Waals surface area contributed by atoms with Crippen molar-refractivity contribution in [2.24, 2.45) is 5.73 Å². The molecule has 1 atom stereocenters. The van der Waals surface area contributed by atoms with E-state index in [9.17, 15) is 4.79 Å². The summed E-state index contributed by atoms with van der Waals surface area (Å²) >= 11 is 0. The standard InChI is InChI=1S/C15H20N2O3/c16-12(10-17-6-2-1-3-15(17)18)11-4-5-13-14(9-11)20-8-7-19-13/h4-5,9,12H,1-3,6-8,10,16H2. The summed E-state index contributed by atoms with van der Waals surface area (Å²) in [5.41, 5.74) is 7.21. The van der Waals surface area contributed by atoms with Gasteiger partial charge in [0, 0.05) is 25.6 Å². The van der Waals surface area contributed by atoms with Crippen LogP contribution in [0.3, 0.4) is 0 Å². The minimum absolute atomic E-state index is 0.187. The fourth-order valence-electron chi connectivity index (χ4n) is 2.69. The number of rotatable bonds is 3. The van der Waals surface area contributed by atoms with Gasteiger partial charge in [-0.15, -0.1) is 0 Å². The Kier molecular flexibility index (Phi) is 3.78. The smallest absolute Gasteiger partial charge is 0.222 e. The number of carbonyl (C=O) groups is 1. The van der Waals surface area contributed by atoms with E-state index in [1.165, 1.54) is 0 Å². The van der Waals surface area contributed by atoms with Crippen LogP contribution in [0.15, 0.2) is 18.2 Å². The number of likely N-dealkylation sites (tertiary alicyclic amines) is 1. The van der Waals surface area contributed by atoms with E-state index in [1.807, 2.05) is 23.1 Å². The summed E-state index contributed by atoms with van der Waals surface area (Å²) in [6, 6.07) is 5.58. The molecular formula is C15H20N2O3. The molecule has 0 aromatic heterocycles. The highest BCUT2D eigenvalue weighted by Crippen LogP contribution is 2.32. The molecule has 0 saturated carbocycles. The number of nitrogens with zero attached hydrogens (tertiary/aromatic N) is 1. The molecule has 1 fully saturated rings. The topological polar surface area (TPSA) is 64.8 Å². The first-order valence-electron chi connectivity index (χ1n) is 7.17. The monoisotopic (exact) mass is 276 g/mol. The van der Waals surface area contributed by atoms with Crippen molar-refractivity contribution in [1.82, 2.24) is 4.90 Å². The number of hydrogen-bond acceptors (Lipinski definition) is 4. The van der Waals surface area contributed by atoms with Crippen LogP contribution in [0.5, 0.6) is 11.5 Å². The predicted octanol–water partition coefficient (Wildman–Crippen LogP) is 1.47. The molecule has 1 saturated heterocycles. The molecule has 1 aromatic carbocycles. The van der Waals surface area contributed by atoms with Crippen molar-refractivity contribution in [3.8, 4) is 11.5 Å². The van der Waals surface area contributed by atoms with Crippen molar-refractivity contribution >= 4 is 5.91 Å². The van der Waals surface area contributed by atoms with Gasteiger partial charge in [-0.2, -0.15) is 0 Å². The second-order valence-electron chi connectivity index (χ2n) is 5.31. The van der Waals surface area contributed by atoms with Gasteiger partial charge in [-0.3, -0.25) is 4.79 Å². The van der Waals surface area contributed by atoms with Gasteiger partial charge in [0.2, 0.25) is 5.91 Å². The molecule has 0 aliphatic carbocycles. The molecule has 5 nitrogen and oxygen atoms in total. The number of nitrogens with two attached hydrogens (primary N) is 1. The Morgan fingerprint density at radius 2 is 2.00 bits per heavy atom. The van der Waals surface area contributed by atoms with E-state index in [2.05, 4.69) is 0 Å². The van der Waals surface area contributed by atoms with E-state index >= 15 is 0 Å². The zero-order chi connectivity index (χ0) is 13.9. The lowest BCUT2D eigenvalue weighted by atomic mass is 10.0. The van der Waals surface area contributed by atoms with Gasteiger partial charge >= 0.3 is 0 Å². The largest absolute Gasteiger partial charge is 0.486 e. The molecule has 2 aliphatic rings. The molecule has 1 unspecified atom stereocenters. The van der Waals surface area contributed by atoms with Crippen LogP contribution in [-0.2, 0) is 4.79 Å². The van der Waals surface area contributed by atoms with Gasteiger partial charge in [0.05, 0.1) is 0 Å². The fourth-order valence-corrected chi connectivity index (χ4v) is 2.69. The number of amides is 1. The highest BCUT2D eigenvalue weighted by Gasteiger charge is 2.22. The Balaban J connectivity index is 1.70. The van der Waals surface area contributed by atoms with Crippen LogP contribution in [0.1, 0.15) is 30.9 Å². The van der Waals surface area contributed by atoms with E-state index in [1.54, 1.807) is 0 Å². The van der Waals surface area contributed by atoms with Crippen LogP contribution in [0, 0.1) is 0 Å². The molecule has 0 spiro atoms. The molecular weight excluding hydrogens is 256 g/mol. The van der Waals surface area contributed by atoms with Crippen LogP contribution in [0.25, 0.3) is 0 Å². The minimum Gasteiger partial charge on any atom is -0.486 e. The molecule has 1 aromatic rings. The Bertz CT molecular complexity index is 504. The number of benzene rings is 1. The molecule has 2 heterocycles. The molecule has 0 bridgehead atoms. The van der Waals surface area contributed by atoms with E-state index in [4.69, 9.17) is 15.2 Å². The van der Waals surface area contributed by atoms with Gasteiger partial charge < -0.3 is 20.1 Å². The molecule has 20 heavy (non-hydrogen) atoms. The average Bonchev–Trinajstić information content (AvgIpc) is 2.49. The summed E-state index contributed by atoms with van der Waals surface area (Å²) in [6.45, 7) is 2.53. The second kappa shape index (κ2) is 5.71. The van der Waals surface area contributed by atoms with E-state index in [0.717, 1.165) is 36.4 Å². The van der Waals surface area contributed by atoms with Crippen LogP contribution in [0.2, 0.25) is 0 Å². The third-order valence-corrected chi connectivity index (χ3v) is 3.83. The van der Waals surface area contributed by atoms with Gasteiger partial charge in [0.1, 0.15) is 13.2 Å². The summed E-state index contributed by atoms with van der Waals surface area (Å²) in [5.74, 6) is 1.72. The van der Waals surface area contributed by atoms with Gasteiger partial charge in [-0.05, 0) is 30.5 Å². The fraction of sp³-hybridized carbons (Fsp3) is 0.533. The Hall–Kier alpha value is -1.75. The number of ether oxygens (including phenoxy) is 2. The Labute approximate surface area is 118 Å². The summed E-state index contributed by atoms with van der Waals surface area (Å²) in [7, 11) is 0. The third-order valence-electron chi connectivity index (χ3n) is 3.83. The van der Waals surface area contributed by atoms with Crippen molar-refractivity contribution < 1.29 is 14.3 Å². The first-order valence-corrected chi connectivity index (χ1v) is 7.17. The number of fused-ring (bicyclic) bond motifs is 1. The van der Waals surface area contributed by atoms with Crippen molar-refractivity contribution in [2.45, 2.75) is 25.3 Å². The van der Waals surface area contributed by atoms with Crippen LogP contribution < -0.4 is 15.2 Å². The maximum Gasteiger partial charge on any atom is 0.222 e. The summed E-state index contributed by atoms with van der Waals surface area (Å²) < 4.78 is 11.1. The number of carbonyl (C=O) groups excluding carboxylic acids is 1. The van der Waals surface area contributed by atoms with E-state index in [-0.39, 0.29) is 11.9 Å². The minimum atomic E-state index is -0.187. The zero-order valence-electron chi connectivity index (χ0n) is 11.5. The molecule has 2 N–H and O–H groups in total. The SMILES string of the molecule is NC(CN1CCCCC1=O)c1ccc2c(c1)OCCO2. The van der Waals surface area contributed by atoms with Gasteiger partial charge in [-0.1, -0.05) is 6.07 Å². The highest BCUT2D eigenvalue weighted by atomic mass is 16.6. The van der Waals surface area contributed by atoms with Gasteiger partial charge in [0.25, 0.3) is 0 Å². The molecule has 108 valence electrons. The van der Waals surface area contributed by atoms with Gasteiger partial charge in [-0.25, -0.2) is 0 Å². The van der Waals surface area contributed by atoms with Crippen molar-refractivity contribution in [3.05, 3.63) is 23.8 Å². The summed E-state index contributed by atoms with van der Waals surface area (Å²) in [5, 5.41) is 0. The number of hydrogen-bond donors (Lipinski definition) is 1. The quantitative estimate of drug-likeness (QED) is 0.908. The van der Waals surface area contributed by atoms with Gasteiger partial charge in [0.15, 0.2) is 11.5 Å². The predicted molar refractivity (Wildman–Crippen MR) is 74.8 cm³/mol. The van der Waals surface area contributed by atoms with Crippen LogP contribution in [0.4, 0.5) is 0 Å². The average molecular weight is 276 g/mol. The van der Waals surface area contributed by atoms with E-state index in [0.29, 0.717) is 26.2 Å². The Morgan fingerprint density at radius 1 is 1.20 bits per heavy atom. The van der Waals surface area contributed by atoms with E-state index < -0.39 is 0 Å². The third kappa shape index (κ3) is 2.72. The normalized spacial score (nSPS) is 19.9. The van der Waals surface area contributed by atoms with Crippen LogP contribution in [-0.4, -0.2) is 37.1 Å². The summed E-state index contributed by atoms with van der Waals surface area (Å²) in [4.78, 5) is 13.7. The molecule has 5 heteroatoms. The maximum absolute atomic E-state index is 11.8. The lowest BCUT2D eigenvalue weighted by molar-refractivity contribution is -0.133. The zero-order valence-corrected chi connectivity index (χ0v) is 11.5. The first kappa shape index (κ1) is 13.2. The number of piperidine rings is 1. The lowest BCUT2D eigenvalue weighted by Crippen LogP contribution is -2.40. The van der Waals surface area contributed by atoms with Crippen molar-refractivity contribution in [2.75, 3.05) is 26.3 Å². The highest BCUT2D eigenvalue weighted by molar-refractivity contribution is 5.76. The molecule has 1 amide bonds. The van der Waals surface area contributed by atoms with Crippen molar-refractivity contribution in [1.29, 1.82) is 0 Å². The molecule has 0 radical (unpaired) electrons. The Morgan fingerprint density at radius 3 is 2.80 bits per heavy atom. The second-order valence-corrected chi connectivity index (χ2v) is 5.31.